The van der Waals surface area contributed by atoms with Crippen molar-refractivity contribution in [2.75, 3.05) is 14.1 Å². The molecule has 0 heterocycles. The second kappa shape index (κ2) is 5.69. The maximum atomic E-state index is 11.6. The fraction of sp³-hybridized carbons (Fsp3) is 0.500. The summed E-state index contributed by atoms with van der Waals surface area (Å²) >= 11 is 0. The van der Waals surface area contributed by atoms with E-state index in [9.17, 15) is 4.79 Å². The van der Waals surface area contributed by atoms with Crippen LogP contribution in [-0.4, -0.2) is 24.9 Å². The number of carbonyl (C=O) groups excluding carboxylic acids is 1. The average molecular weight is 219 g/mol. The molecule has 0 aliphatic heterocycles. The summed E-state index contributed by atoms with van der Waals surface area (Å²) < 4.78 is 0. The van der Waals surface area contributed by atoms with Crippen LogP contribution in [-0.2, 0) is 6.42 Å². The summed E-state index contributed by atoms with van der Waals surface area (Å²) in [6.07, 6.45) is 2.29. The molecule has 1 aromatic carbocycles. The van der Waals surface area contributed by atoms with Crippen LogP contribution in [0.5, 0.6) is 0 Å². The number of amides is 1. The van der Waals surface area contributed by atoms with Crippen LogP contribution in [0.3, 0.4) is 0 Å². The Morgan fingerprint density at radius 3 is 2.19 bits per heavy atom. The van der Waals surface area contributed by atoms with Crippen molar-refractivity contribution < 1.29 is 4.79 Å². The summed E-state index contributed by atoms with van der Waals surface area (Å²) in [6, 6.07) is 7.94. The zero-order chi connectivity index (χ0) is 12.1. The third kappa shape index (κ3) is 3.69. The zero-order valence-electron chi connectivity index (χ0n) is 10.7. The third-order valence-electron chi connectivity index (χ3n) is 2.62. The lowest BCUT2D eigenvalue weighted by Gasteiger charge is -2.10. The Morgan fingerprint density at radius 1 is 1.19 bits per heavy atom. The van der Waals surface area contributed by atoms with E-state index in [0.29, 0.717) is 0 Å². The van der Waals surface area contributed by atoms with Crippen LogP contribution in [0.1, 0.15) is 36.2 Å². The average Bonchev–Trinajstić information content (AvgIpc) is 2.26. The lowest BCUT2D eigenvalue weighted by molar-refractivity contribution is 0.0827. The molecule has 0 radical (unpaired) electrons. The fourth-order valence-corrected chi connectivity index (χ4v) is 1.53. The molecule has 0 aliphatic rings. The predicted octanol–water partition coefficient (Wildman–Crippen LogP) is 2.98. The second-order valence-corrected chi connectivity index (χ2v) is 4.83. The van der Waals surface area contributed by atoms with Crippen LogP contribution in [0, 0.1) is 5.92 Å². The van der Waals surface area contributed by atoms with E-state index >= 15 is 0 Å². The molecule has 16 heavy (non-hydrogen) atoms. The SMILES string of the molecule is CC(C)CCc1ccc(C(=O)N(C)C)cc1. The van der Waals surface area contributed by atoms with Gasteiger partial charge >= 0.3 is 0 Å². The van der Waals surface area contributed by atoms with E-state index in [-0.39, 0.29) is 5.91 Å². The van der Waals surface area contributed by atoms with Crippen molar-refractivity contribution >= 4 is 5.91 Å². The lowest BCUT2D eigenvalue weighted by Crippen LogP contribution is -2.21. The first kappa shape index (κ1) is 12.8. The van der Waals surface area contributed by atoms with Crippen molar-refractivity contribution in [3.05, 3.63) is 35.4 Å². The van der Waals surface area contributed by atoms with Crippen molar-refractivity contribution in [1.29, 1.82) is 0 Å². The number of benzene rings is 1. The van der Waals surface area contributed by atoms with Gasteiger partial charge in [0.2, 0.25) is 0 Å². The number of carbonyl (C=O) groups is 1. The highest BCUT2D eigenvalue weighted by Crippen LogP contribution is 2.11. The Balaban J connectivity index is 2.64. The van der Waals surface area contributed by atoms with Gasteiger partial charge in [-0.15, -0.1) is 0 Å². The van der Waals surface area contributed by atoms with Gasteiger partial charge in [0.1, 0.15) is 0 Å². The molecule has 0 fully saturated rings. The molecule has 88 valence electrons. The van der Waals surface area contributed by atoms with E-state index in [1.54, 1.807) is 19.0 Å². The molecule has 0 bridgehead atoms. The van der Waals surface area contributed by atoms with Crippen molar-refractivity contribution in [3.8, 4) is 0 Å². The van der Waals surface area contributed by atoms with E-state index in [2.05, 4.69) is 26.0 Å². The van der Waals surface area contributed by atoms with Crippen LogP contribution in [0.4, 0.5) is 0 Å². The standard InChI is InChI=1S/C14H21NO/c1-11(2)5-6-12-7-9-13(10-8-12)14(16)15(3)4/h7-11H,5-6H2,1-4H3. The van der Waals surface area contributed by atoms with Gasteiger partial charge in [-0.2, -0.15) is 0 Å². The third-order valence-corrected chi connectivity index (χ3v) is 2.62. The normalized spacial score (nSPS) is 10.6. The number of hydrogen-bond acceptors (Lipinski definition) is 1. The van der Waals surface area contributed by atoms with Gasteiger partial charge in [-0.3, -0.25) is 4.79 Å². The summed E-state index contributed by atoms with van der Waals surface area (Å²) in [4.78, 5) is 13.2. The number of nitrogens with zero attached hydrogens (tertiary/aromatic N) is 1. The molecule has 2 heteroatoms. The largest absolute Gasteiger partial charge is 0.345 e. The second-order valence-electron chi connectivity index (χ2n) is 4.83. The van der Waals surface area contributed by atoms with Crippen molar-refractivity contribution in [3.63, 3.8) is 0 Å². The fourth-order valence-electron chi connectivity index (χ4n) is 1.53. The minimum absolute atomic E-state index is 0.0652. The number of aryl methyl sites for hydroxylation is 1. The van der Waals surface area contributed by atoms with Gasteiger partial charge in [-0.1, -0.05) is 26.0 Å². The molecular weight excluding hydrogens is 198 g/mol. The first-order valence-electron chi connectivity index (χ1n) is 5.81. The number of rotatable bonds is 4. The summed E-state index contributed by atoms with van der Waals surface area (Å²) in [7, 11) is 3.55. The molecule has 0 atom stereocenters. The van der Waals surface area contributed by atoms with Gasteiger partial charge < -0.3 is 4.90 Å². The number of hydrogen-bond donors (Lipinski definition) is 0. The molecule has 0 saturated carbocycles. The molecule has 0 N–H and O–H groups in total. The molecular formula is C14H21NO. The van der Waals surface area contributed by atoms with Crippen LogP contribution in [0.25, 0.3) is 0 Å². The lowest BCUT2D eigenvalue weighted by atomic mass is 10.0. The van der Waals surface area contributed by atoms with Crippen LogP contribution in [0.15, 0.2) is 24.3 Å². The van der Waals surface area contributed by atoms with E-state index in [4.69, 9.17) is 0 Å². The van der Waals surface area contributed by atoms with Crippen molar-refractivity contribution in [2.24, 2.45) is 5.92 Å². The van der Waals surface area contributed by atoms with Gasteiger partial charge in [-0.05, 0) is 36.5 Å². The van der Waals surface area contributed by atoms with Gasteiger partial charge in [0.15, 0.2) is 0 Å². The van der Waals surface area contributed by atoms with Crippen molar-refractivity contribution in [1.82, 2.24) is 4.90 Å². The first-order valence-corrected chi connectivity index (χ1v) is 5.81. The molecule has 1 aromatic rings. The van der Waals surface area contributed by atoms with Crippen molar-refractivity contribution in [2.45, 2.75) is 26.7 Å². The van der Waals surface area contributed by atoms with Crippen LogP contribution in [0.2, 0.25) is 0 Å². The molecule has 0 saturated heterocycles. The monoisotopic (exact) mass is 219 g/mol. The molecule has 0 aliphatic carbocycles. The first-order chi connectivity index (χ1) is 7.50. The Bertz CT molecular complexity index is 338. The van der Waals surface area contributed by atoms with E-state index in [1.165, 1.54) is 12.0 Å². The Hall–Kier alpha value is -1.31. The molecule has 1 amide bonds. The summed E-state index contributed by atoms with van der Waals surface area (Å²) in [5.74, 6) is 0.790. The Labute approximate surface area is 98.3 Å². The summed E-state index contributed by atoms with van der Waals surface area (Å²) in [5.41, 5.74) is 2.07. The van der Waals surface area contributed by atoms with Gasteiger partial charge in [0.25, 0.3) is 5.91 Å². The maximum absolute atomic E-state index is 11.6. The quantitative estimate of drug-likeness (QED) is 0.762. The van der Waals surface area contributed by atoms with Crippen LogP contribution < -0.4 is 0 Å². The van der Waals surface area contributed by atoms with Gasteiger partial charge in [-0.25, -0.2) is 0 Å². The predicted molar refractivity (Wildman–Crippen MR) is 67.6 cm³/mol. The van der Waals surface area contributed by atoms with Gasteiger partial charge in [0, 0.05) is 19.7 Å². The maximum Gasteiger partial charge on any atom is 0.253 e. The highest BCUT2D eigenvalue weighted by Gasteiger charge is 2.07. The highest BCUT2D eigenvalue weighted by molar-refractivity contribution is 5.93. The minimum Gasteiger partial charge on any atom is -0.345 e. The smallest absolute Gasteiger partial charge is 0.253 e. The molecule has 1 rings (SSSR count). The molecule has 0 spiro atoms. The highest BCUT2D eigenvalue weighted by atomic mass is 16.2. The minimum atomic E-state index is 0.0652. The van der Waals surface area contributed by atoms with E-state index in [1.807, 2.05) is 12.1 Å². The zero-order valence-corrected chi connectivity index (χ0v) is 10.7. The van der Waals surface area contributed by atoms with Crippen LogP contribution >= 0.6 is 0 Å². The Morgan fingerprint density at radius 2 is 1.75 bits per heavy atom. The topological polar surface area (TPSA) is 20.3 Å². The summed E-state index contributed by atoms with van der Waals surface area (Å²) in [6.45, 7) is 4.45. The van der Waals surface area contributed by atoms with E-state index < -0.39 is 0 Å². The molecule has 0 aromatic heterocycles. The summed E-state index contributed by atoms with van der Waals surface area (Å²) in [5, 5.41) is 0. The molecule has 2 nitrogen and oxygen atoms in total. The van der Waals surface area contributed by atoms with Gasteiger partial charge in [0.05, 0.1) is 0 Å². The van der Waals surface area contributed by atoms with E-state index in [0.717, 1.165) is 17.9 Å². The molecule has 0 unspecified atom stereocenters. The Kier molecular flexibility index (Phi) is 4.53.